The number of benzene rings is 4. The molecule has 0 aliphatic heterocycles. The van der Waals surface area contributed by atoms with Gasteiger partial charge >= 0.3 is 12.2 Å². The lowest BCUT2D eigenvalue weighted by atomic mass is 10.0. The number of para-hydroxylation sites is 4. The molecular formula is C38H32N6O4. The molecule has 0 bridgehead atoms. The zero-order valence-corrected chi connectivity index (χ0v) is 27.4. The first-order valence-corrected chi connectivity index (χ1v) is 15.7. The van der Waals surface area contributed by atoms with Gasteiger partial charge in [0.2, 0.25) is 0 Å². The van der Waals surface area contributed by atoms with Crippen LogP contribution >= 0.6 is 0 Å². The van der Waals surface area contributed by atoms with Crippen LogP contribution in [-0.4, -0.2) is 52.5 Å². The lowest BCUT2D eigenvalue weighted by Crippen LogP contribution is -2.27. The Bertz CT molecular complexity index is 2640. The number of hydrogen-bond donors (Lipinski definition) is 0. The number of hydrogen-bond acceptors (Lipinski definition) is 8. The maximum atomic E-state index is 13.6. The third-order valence-corrected chi connectivity index (χ3v) is 8.01. The molecule has 0 saturated carbocycles. The van der Waals surface area contributed by atoms with Gasteiger partial charge in [-0.3, -0.25) is 0 Å². The average Bonchev–Trinajstić information content (AvgIpc) is 3.52. The van der Waals surface area contributed by atoms with E-state index < -0.39 is 23.4 Å². The molecule has 0 radical (unpaired) electrons. The summed E-state index contributed by atoms with van der Waals surface area (Å²) in [6.45, 7) is 11.0. The van der Waals surface area contributed by atoms with Crippen LogP contribution in [0.2, 0.25) is 0 Å². The van der Waals surface area contributed by atoms with Gasteiger partial charge in [-0.15, -0.1) is 0 Å². The van der Waals surface area contributed by atoms with Gasteiger partial charge in [0.15, 0.2) is 11.3 Å². The molecule has 4 aromatic heterocycles. The van der Waals surface area contributed by atoms with E-state index in [-0.39, 0.29) is 0 Å². The molecule has 0 fully saturated rings. The number of nitrogens with zero attached hydrogens (tertiary/aromatic N) is 6. The second-order valence-electron chi connectivity index (χ2n) is 13.8. The zero-order chi connectivity index (χ0) is 33.5. The van der Waals surface area contributed by atoms with Gasteiger partial charge in [0.1, 0.15) is 22.2 Å². The summed E-state index contributed by atoms with van der Waals surface area (Å²) in [5, 5.41) is 1.54. The fraction of sp³-hybridized carbons (Fsp3) is 0.211. The number of carbonyl (C=O) groups excluding carboxylic acids is 2. The van der Waals surface area contributed by atoms with Crippen LogP contribution < -0.4 is 0 Å². The second kappa shape index (κ2) is 10.3. The van der Waals surface area contributed by atoms with Crippen molar-refractivity contribution >= 4 is 78.4 Å². The fourth-order valence-electron chi connectivity index (χ4n) is 6.13. The van der Waals surface area contributed by atoms with Gasteiger partial charge in [0, 0.05) is 16.3 Å². The van der Waals surface area contributed by atoms with Crippen LogP contribution in [0.15, 0.2) is 84.9 Å². The second-order valence-corrected chi connectivity index (χ2v) is 13.8. The average molecular weight is 637 g/mol. The molecule has 0 aliphatic carbocycles. The van der Waals surface area contributed by atoms with E-state index in [4.69, 9.17) is 29.4 Å². The highest BCUT2D eigenvalue weighted by atomic mass is 16.6. The minimum absolute atomic E-state index is 0.421. The standard InChI is InChI=1S/C38H32N6O4/c1-37(2,3)47-35(45)43-28-17-10-7-12-23(28)31-33(43)41-27-16-11-13-22(30(27)42-31)21-18-19-29-24(20-21)32-34(44(29)36(46)48-38(4,5)6)40-26-15-9-8-14-25(26)39-32/h7-20H,1-6H3. The number of ether oxygens (including phenoxy) is 2. The smallest absolute Gasteiger partial charge is 0.420 e. The van der Waals surface area contributed by atoms with E-state index in [1.807, 2.05) is 126 Å². The molecule has 0 spiro atoms. The summed E-state index contributed by atoms with van der Waals surface area (Å²) in [6.07, 6.45) is -1.04. The summed E-state index contributed by atoms with van der Waals surface area (Å²) in [5.41, 5.74) is 6.32. The van der Waals surface area contributed by atoms with Gasteiger partial charge in [-0.2, -0.15) is 0 Å². The maximum absolute atomic E-state index is 13.6. The number of rotatable bonds is 1. The van der Waals surface area contributed by atoms with Crippen molar-refractivity contribution in [3.8, 4) is 11.1 Å². The molecule has 4 heterocycles. The van der Waals surface area contributed by atoms with E-state index in [1.165, 1.54) is 9.13 Å². The molecule has 0 unspecified atom stereocenters. The Hall–Kier alpha value is -5.90. The molecule has 10 nitrogen and oxygen atoms in total. The lowest BCUT2D eigenvalue weighted by Gasteiger charge is -2.20. The Morgan fingerprint density at radius 1 is 0.542 bits per heavy atom. The topological polar surface area (TPSA) is 114 Å². The lowest BCUT2D eigenvalue weighted by molar-refractivity contribution is 0.0539. The highest BCUT2D eigenvalue weighted by Crippen LogP contribution is 2.36. The van der Waals surface area contributed by atoms with Crippen LogP contribution in [-0.2, 0) is 9.47 Å². The van der Waals surface area contributed by atoms with E-state index in [0.29, 0.717) is 49.9 Å². The minimum Gasteiger partial charge on any atom is -0.443 e. The van der Waals surface area contributed by atoms with E-state index >= 15 is 0 Å². The zero-order valence-electron chi connectivity index (χ0n) is 27.4. The van der Waals surface area contributed by atoms with Gasteiger partial charge in [-0.1, -0.05) is 48.5 Å². The molecule has 0 N–H and O–H groups in total. The number of carbonyl (C=O) groups is 2. The van der Waals surface area contributed by atoms with Gasteiger partial charge in [0.05, 0.1) is 33.1 Å². The summed E-state index contributed by atoms with van der Waals surface area (Å²) < 4.78 is 14.6. The monoisotopic (exact) mass is 636 g/mol. The number of fused-ring (bicyclic) bond motifs is 8. The van der Waals surface area contributed by atoms with Crippen molar-refractivity contribution in [2.75, 3.05) is 0 Å². The maximum Gasteiger partial charge on any atom is 0.420 e. The minimum atomic E-state index is -0.705. The van der Waals surface area contributed by atoms with Crippen LogP contribution in [0.5, 0.6) is 0 Å². The molecule has 8 rings (SSSR count). The normalized spacial score (nSPS) is 12.5. The van der Waals surface area contributed by atoms with Gasteiger partial charge < -0.3 is 9.47 Å². The van der Waals surface area contributed by atoms with Crippen molar-refractivity contribution in [2.24, 2.45) is 0 Å². The molecule has 10 heteroatoms. The van der Waals surface area contributed by atoms with E-state index in [0.717, 1.165) is 27.4 Å². The van der Waals surface area contributed by atoms with Crippen LogP contribution in [0.3, 0.4) is 0 Å². The SMILES string of the molecule is CC(C)(C)OC(=O)n1c2ccc(-c3cccc4nc5c(nc34)c3ccccc3n5C(=O)OC(C)(C)C)cc2c2nc3ccccc3nc21. The van der Waals surface area contributed by atoms with Crippen LogP contribution in [0.1, 0.15) is 41.5 Å². The molecule has 4 aromatic carbocycles. The first-order chi connectivity index (χ1) is 22.9. The molecule has 0 amide bonds. The van der Waals surface area contributed by atoms with E-state index in [2.05, 4.69) is 0 Å². The van der Waals surface area contributed by atoms with Crippen molar-refractivity contribution in [3.63, 3.8) is 0 Å². The third-order valence-electron chi connectivity index (χ3n) is 8.01. The Morgan fingerprint density at radius 2 is 1.08 bits per heavy atom. The summed E-state index contributed by atoms with van der Waals surface area (Å²) in [4.78, 5) is 47.0. The third kappa shape index (κ3) is 4.79. The molecule has 0 saturated heterocycles. The first-order valence-electron chi connectivity index (χ1n) is 15.7. The Labute approximate surface area is 274 Å². The molecule has 48 heavy (non-hydrogen) atoms. The van der Waals surface area contributed by atoms with Crippen LogP contribution in [0, 0.1) is 0 Å². The van der Waals surface area contributed by atoms with E-state index in [9.17, 15) is 9.59 Å². The number of aromatic nitrogens is 6. The van der Waals surface area contributed by atoms with E-state index in [1.54, 1.807) is 0 Å². The van der Waals surface area contributed by atoms with Gasteiger partial charge in [-0.05, 0) is 83.5 Å². The highest BCUT2D eigenvalue weighted by Gasteiger charge is 2.27. The highest BCUT2D eigenvalue weighted by molar-refractivity contribution is 6.14. The van der Waals surface area contributed by atoms with Gasteiger partial charge in [-0.25, -0.2) is 38.7 Å². The molecule has 238 valence electrons. The quantitative estimate of drug-likeness (QED) is 0.175. The largest absolute Gasteiger partial charge is 0.443 e. The summed E-state index contributed by atoms with van der Waals surface area (Å²) in [6, 6.07) is 26.8. The van der Waals surface area contributed by atoms with Crippen molar-refractivity contribution in [1.29, 1.82) is 0 Å². The molecule has 8 aromatic rings. The van der Waals surface area contributed by atoms with Crippen LogP contribution in [0.4, 0.5) is 9.59 Å². The van der Waals surface area contributed by atoms with Crippen molar-refractivity contribution in [2.45, 2.75) is 52.7 Å². The summed E-state index contributed by atoms with van der Waals surface area (Å²) >= 11 is 0. The molecule has 0 aliphatic rings. The predicted octanol–water partition coefficient (Wildman–Crippen LogP) is 9.02. The van der Waals surface area contributed by atoms with Crippen molar-refractivity contribution < 1.29 is 19.1 Å². The van der Waals surface area contributed by atoms with Gasteiger partial charge in [0.25, 0.3) is 0 Å². The first kappa shape index (κ1) is 29.5. The predicted molar refractivity (Wildman–Crippen MR) is 187 cm³/mol. The molecule has 0 atom stereocenters. The fourth-order valence-corrected chi connectivity index (χ4v) is 6.13. The Kier molecular flexibility index (Phi) is 6.33. The van der Waals surface area contributed by atoms with Crippen molar-refractivity contribution in [3.05, 3.63) is 84.9 Å². The van der Waals surface area contributed by atoms with Crippen LogP contribution in [0.25, 0.3) is 77.3 Å². The Balaban J connectivity index is 1.37. The van der Waals surface area contributed by atoms with Crippen molar-refractivity contribution in [1.82, 2.24) is 29.1 Å². The molecular weight excluding hydrogens is 604 g/mol. The summed E-state index contributed by atoms with van der Waals surface area (Å²) in [5.74, 6) is 0. The summed E-state index contributed by atoms with van der Waals surface area (Å²) in [7, 11) is 0. The Morgan fingerprint density at radius 3 is 1.75 bits per heavy atom.